The zero-order chi connectivity index (χ0) is 20.4. The van der Waals surface area contributed by atoms with Gasteiger partial charge in [0.05, 0.1) is 23.4 Å². The van der Waals surface area contributed by atoms with E-state index < -0.39 is 0 Å². The number of aryl methyl sites for hydroxylation is 2. The van der Waals surface area contributed by atoms with E-state index in [1.165, 1.54) is 12.1 Å². The van der Waals surface area contributed by atoms with Gasteiger partial charge in [-0.25, -0.2) is 4.39 Å². The van der Waals surface area contributed by atoms with Gasteiger partial charge in [-0.15, -0.1) is 0 Å². The number of pyridine rings is 1. The van der Waals surface area contributed by atoms with Crippen LogP contribution in [-0.2, 0) is 11.2 Å². The summed E-state index contributed by atoms with van der Waals surface area (Å²) in [6, 6.07) is 12.2. The molecule has 1 aromatic carbocycles. The molecule has 0 saturated carbocycles. The van der Waals surface area contributed by atoms with Crippen LogP contribution in [0.4, 0.5) is 4.39 Å². The van der Waals surface area contributed by atoms with Gasteiger partial charge in [-0.2, -0.15) is 0 Å². The first kappa shape index (κ1) is 19.3. The Balaban J connectivity index is 1.40. The predicted molar refractivity (Wildman–Crippen MR) is 108 cm³/mol. The maximum absolute atomic E-state index is 13.0. The number of aromatic nitrogens is 2. The number of carbonyl (C=O) groups is 1. The van der Waals surface area contributed by atoms with E-state index in [1.54, 1.807) is 12.1 Å². The third kappa shape index (κ3) is 4.21. The summed E-state index contributed by atoms with van der Waals surface area (Å²) >= 11 is 0. The smallest absolute Gasteiger partial charge is 0.226 e. The van der Waals surface area contributed by atoms with E-state index in [0.29, 0.717) is 25.4 Å². The average molecular weight is 393 g/mol. The number of benzene rings is 1. The number of hydrogen-bond donors (Lipinski definition) is 0. The SMILES string of the molecule is Cc1noc(C)c1-c1cccc(C2CCN(C(=O)Cc3ccc(F)cc3)CC2)n1. The van der Waals surface area contributed by atoms with Crippen LogP contribution in [0.25, 0.3) is 11.3 Å². The standard InChI is InChI=1S/C23H24FN3O2/c1-15-23(16(2)29-26-15)21-5-3-4-20(25-21)18-10-12-27(13-11-18)22(28)14-17-6-8-19(24)9-7-17/h3-9,18H,10-14H2,1-2H3. The maximum Gasteiger partial charge on any atom is 0.226 e. The van der Waals surface area contributed by atoms with Crippen LogP contribution in [0.1, 0.15) is 41.5 Å². The van der Waals surface area contributed by atoms with Crippen molar-refractivity contribution >= 4 is 5.91 Å². The van der Waals surface area contributed by atoms with Crippen molar-refractivity contribution in [2.24, 2.45) is 0 Å². The van der Waals surface area contributed by atoms with Crippen molar-refractivity contribution in [3.05, 3.63) is 71.0 Å². The number of amides is 1. The molecule has 2 aromatic heterocycles. The first-order valence-corrected chi connectivity index (χ1v) is 9.93. The molecule has 3 heterocycles. The fraction of sp³-hybridized carbons (Fsp3) is 0.348. The normalized spacial score (nSPS) is 14.9. The van der Waals surface area contributed by atoms with Crippen LogP contribution in [0.5, 0.6) is 0 Å². The van der Waals surface area contributed by atoms with E-state index in [0.717, 1.165) is 46.8 Å². The molecule has 29 heavy (non-hydrogen) atoms. The third-order valence-electron chi connectivity index (χ3n) is 5.59. The second-order valence-corrected chi connectivity index (χ2v) is 7.61. The van der Waals surface area contributed by atoms with Gasteiger partial charge in [-0.3, -0.25) is 9.78 Å². The summed E-state index contributed by atoms with van der Waals surface area (Å²) in [7, 11) is 0. The molecule has 0 N–H and O–H groups in total. The Kier molecular flexibility index (Phi) is 5.43. The lowest BCUT2D eigenvalue weighted by atomic mass is 9.92. The number of carbonyl (C=O) groups excluding carboxylic acids is 1. The van der Waals surface area contributed by atoms with E-state index in [4.69, 9.17) is 9.51 Å². The largest absolute Gasteiger partial charge is 0.361 e. The molecule has 1 saturated heterocycles. The Morgan fingerprint density at radius 1 is 1.14 bits per heavy atom. The molecular weight excluding hydrogens is 369 g/mol. The zero-order valence-corrected chi connectivity index (χ0v) is 16.7. The highest BCUT2D eigenvalue weighted by molar-refractivity contribution is 5.78. The quantitative estimate of drug-likeness (QED) is 0.657. The number of likely N-dealkylation sites (tertiary alicyclic amines) is 1. The molecule has 4 rings (SSSR count). The summed E-state index contributed by atoms with van der Waals surface area (Å²) in [6.07, 6.45) is 2.07. The van der Waals surface area contributed by atoms with Gasteiger partial charge < -0.3 is 9.42 Å². The molecule has 0 spiro atoms. The van der Waals surface area contributed by atoms with Crippen molar-refractivity contribution in [2.75, 3.05) is 13.1 Å². The molecule has 3 aromatic rings. The number of halogens is 1. The van der Waals surface area contributed by atoms with Crippen LogP contribution in [0.3, 0.4) is 0 Å². The molecule has 1 aliphatic rings. The third-order valence-corrected chi connectivity index (χ3v) is 5.59. The number of rotatable bonds is 4. The zero-order valence-electron chi connectivity index (χ0n) is 16.7. The Hall–Kier alpha value is -3.02. The van der Waals surface area contributed by atoms with Crippen LogP contribution in [0, 0.1) is 19.7 Å². The molecule has 5 nitrogen and oxygen atoms in total. The van der Waals surface area contributed by atoms with Crippen LogP contribution in [0.15, 0.2) is 47.0 Å². The highest BCUT2D eigenvalue weighted by atomic mass is 19.1. The fourth-order valence-electron chi connectivity index (χ4n) is 3.98. The lowest BCUT2D eigenvalue weighted by molar-refractivity contribution is -0.131. The van der Waals surface area contributed by atoms with E-state index in [9.17, 15) is 9.18 Å². The summed E-state index contributed by atoms with van der Waals surface area (Å²) in [5, 5.41) is 4.02. The van der Waals surface area contributed by atoms with Crippen molar-refractivity contribution < 1.29 is 13.7 Å². The first-order chi connectivity index (χ1) is 14.0. The molecule has 0 radical (unpaired) electrons. The Morgan fingerprint density at radius 2 is 1.86 bits per heavy atom. The topological polar surface area (TPSA) is 59.2 Å². The van der Waals surface area contributed by atoms with Crippen molar-refractivity contribution in [1.29, 1.82) is 0 Å². The number of hydrogen-bond acceptors (Lipinski definition) is 4. The van der Waals surface area contributed by atoms with Crippen molar-refractivity contribution in [3.63, 3.8) is 0 Å². The van der Waals surface area contributed by atoms with Crippen LogP contribution in [-0.4, -0.2) is 34.0 Å². The summed E-state index contributed by atoms with van der Waals surface area (Å²) in [4.78, 5) is 19.3. The first-order valence-electron chi connectivity index (χ1n) is 9.93. The minimum Gasteiger partial charge on any atom is -0.361 e. The maximum atomic E-state index is 13.0. The van der Waals surface area contributed by atoms with E-state index in [2.05, 4.69) is 11.2 Å². The molecular formula is C23H24FN3O2. The summed E-state index contributed by atoms with van der Waals surface area (Å²) < 4.78 is 18.3. The highest BCUT2D eigenvalue weighted by Gasteiger charge is 2.25. The fourth-order valence-corrected chi connectivity index (χ4v) is 3.98. The van der Waals surface area contributed by atoms with Gasteiger partial charge in [0, 0.05) is 24.7 Å². The molecule has 150 valence electrons. The van der Waals surface area contributed by atoms with Crippen LogP contribution >= 0.6 is 0 Å². The van der Waals surface area contributed by atoms with E-state index in [1.807, 2.05) is 30.9 Å². The van der Waals surface area contributed by atoms with Crippen LogP contribution < -0.4 is 0 Å². The van der Waals surface area contributed by atoms with Gasteiger partial charge >= 0.3 is 0 Å². The minimum atomic E-state index is -0.284. The van der Waals surface area contributed by atoms with Gasteiger partial charge in [0.1, 0.15) is 11.6 Å². The van der Waals surface area contributed by atoms with Gasteiger partial charge in [0.25, 0.3) is 0 Å². The van der Waals surface area contributed by atoms with Gasteiger partial charge in [-0.1, -0.05) is 23.4 Å². The Bertz CT molecular complexity index is 986. The highest BCUT2D eigenvalue weighted by Crippen LogP contribution is 2.30. The van der Waals surface area contributed by atoms with E-state index in [-0.39, 0.29) is 11.7 Å². The average Bonchev–Trinajstić information content (AvgIpc) is 3.08. The minimum absolute atomic E-state index is 0.0903. The molecule has 0 atom stereocenters. The van der Waals surface area contributed by atoms with Crippen molar-refractivity contribution in [1.82, 2.24) is 15.0 Å². The molecule has 1 aliphatic heterocycles. The van der Waals surface area contributed by atoms with Gasteiger partial charge in [-0.05, 0) is 56.5 Å². The van der Waals surface area contributed by atoms with Gasteiger partial charge in [0.2, 0.25) is 5.91 Å². The monoisotopic (exact) mass is 393 g/mol. The lowest BCUT2D eigenvalue weighted by Crippen LogP contribution is -2.38. The van der Waals surface area contributed by atoms with Crippen LogP contribution in [0.2, 0.25) is 0 Å². The number of piperidine rings is 1. The molecule has 0 unspecified atom stereocenters. The van der Waals surface area contributed by atoms with Crippen molar-refractivity contribution in [3.8, 4) is 11.3 Å². The molecule has 1 amide bonds. The number of nitrogens with zero attached hydrogens (tertiary/aromatic N) is 3. The Morgan fingerprint density at radius 3 is 2.52 bits per heavy atom. The lowest BCUT2D eigenvalue weighted by Gasteiger charge is -2.32. The molecule has 0 bridgehead atoms. The summed E-state index contributed by atoms with van der Waals surface area (Å²) in [6.45, 7) is 5.24. The molecule has 6 heteroatoms. The Labute approximate surface area is 169 Å². The van der Waals surface area contributed by atoms with Crippen molar-refractivity contribution in [2.45, 2.75) is 39.0 Å². The molecule has 1 fully saturated rings. The predicted octanol–water partition coefficient (Wildman–Crippen LogP) is 4.44. The molecule has 0 aliphatic carbocycles. The summed E-state index contributed by atoms with van der Waals surface area (Å²) in [5.74, 6) is 0.902. The second-order valence-electron chi connectivity index (χ2n) is 7.61. The summed E-state index contributed by atoms with van der Waals surface area (Å²) in [5.41, 5.74) is 4.57. The second kappa shape index (κ2) is 8.15. The van der Waals surface area contributed by atoms with Gasteiger partial charge in [0.15, 0.2) is 0 Å². The van der Waals surface area contributed by atoms with E-state index >= 15 is 0 Å².